The molecule has 1 aromatic heterocycles. The number of aromatic nitrogens is 1. The third-order valence-electron chi connectivity index (χ3n) is 4.95. The van der Waals surface area contributed by atoms with Gasteiger partial charge in [0.05, 0.1) is 28.5 Å². The van der Waals surface area contributed by atoms with E-state index < -0.39 is 0 Å². The fourth-order valence-corrected chi connectivity index (χ4v) is 4.90. The number of fused-ring (bicyclic) bond motifs is 1. The Morgan fingerprint density at radius 2 is 1.90 bits per heavy atom. The summed E-state index contributed by atoms with van der Waals surface area (Å²) in [6, 6.07) is 3.83. The van der Waals surface area contributed by atoms with Gasteiger partial charge in [-0.05, 0) is 64.5 Å². The smallest absolute Gasteiger partial charge is 0.274 e. The number of halogens is 1. The molecule has 1 aromatic carbocycles. The number of hydrogen-bond donors (Lipinski definition) is 0. The standard InChI is InChI=1S/C22H30ClNO4S/c1-13(2)27-22-24-18-9-10-19(20(23)21(18)29-22)28-17-7-5-16(6-8-17)26-12-14(3)11-15(4)25/h9-10,13-14,16-17H,5-8,11-12H2,1-4H3/t14-,16?,17?/m1/s1. The number of thiazole rings is 1. The molecular formula is C22H30ClNO4S. The molecule has 0 unspecified atom stereocenters. The zero-order chi connectivity index (χ0) is 21.0. The molecule has 7 heteroatoms. The van der Waals surface area contributed by atoms with E-state index in [2.05, 4.69) is 11.9 Å². The molecule has 5 nitrogen and oxygen atoms in total. The van der Waals surface area contributed by atoms with Crippen LogP contribution in [0.15, 0.2) is 12.1 Å². The van der Waals surface area contributed by atoms with Gasteiger partial charge in [0.25, 0.3) is 5.19 Å². The van der Waals surface area contributed by atoms with Crippen molar-refractivity contribution in [2.75, 3.05) is 6.61 Å². The topological polar surface area (TPSA) is 57.7 Å². The van der Waals surface area contributed by atoms with E-state index in [0.29, 0.717) is 29.0 Å². The van der Waals surface area contributed by atoms with Gasteiger partial charge in [-0.1, -0.05) is 29.9 Å². The average molecular weight is 440 g/mol. The summed E-state index contributed by atoms with van der Waals surface area (Å²) in [4.78, 5) is 15.7. The molecule has 1 atom stereocenters. The zero-order valence-corrected chi connectivity index (χ0v) is 19.1. The summed E-state index contributed by atoms with van der Waals surface area (Å²) in [5.74, 6) is 1.20. The molecular weight excluding hydrogens is 410 g/mol. The van der Waals surface area contributed by atoms with Crippen molar-refractivity contribution in [1.82, 2.24) is 4.98 Å². The van der Waals surface area contributed by atoms with E-state index in [-0.39, 0.29) is 30.0 Å². The van der Waals surface area contributed by atoms with Crippen molar-refractivity contribution >= 4 is 38.9 Å². The first kappa shape index (κ1) is 22.3. The second-order valence-corrected chi connectivity index (χ2v) is 9.57. The van der Waals surface area contributed by atoms with E-state index >= 15 is 0 Å². The van der Waals surface area contributed by atoms with Crippen LogP contribution in [-0.2, 0) is 9.53 Å². The van der Waals surface area contributed by atoms with Crippen LogP contribution in [0.25, 0.3) is 10.2 Å². The van der Waals surface area contributed by atoms with Crippen molar-refractivity contribution in [3.05, 3.63) is 17.2 Å². The second kappa shape index (κ2) is 10.1. The minimum Gasteiger partial charge on any atom is -0.489 e. The molecule has 1 heterocycles. The van der Waals surface area contributed by atoms with Crippen LogP contribution in [0.2, 0.25) is 5.02 Å². The monoisotopic (exact) mass is 439 g/mol. The predicted octanol–water partition coefficient (Wildman–Crippen LogP) is 6.06. The normalized spacial score (nSPS) is 20.8. The largest absolute Gasteiger partial charge is 0.489 e. The molecule has 2 aromatic rings. The van der Waals surface area contributed by atoms with E-state index in [1.807, 2.05) is 26.0 Å². The number of ether oxygens (including phenoxy) is 3. The van der Waals surface area contributed by atoms with Gasteiger partial charge in [0.15, 0.2) is 0 Å². The van der Waals surface area contributed by atoms with Gasteiger partial charge in [-0.3, -0.25) is 0 Å². The third-order valence-corrected chi connectivity index (χ3v) is 6.41. The Hall–Kier alpha value is -1.37. The van der Waals surface area contributed by atoms with Gasteiger partial charge in [-0.2, -0.15) is 0 Å². The Balaban J connectivity index is 1.53. The van der Waals surface area contributed by atoms with Gasteiger partial charge in [0.1, 0.15) is 16.6 Å². The lowest BCUT2D eigenvalue weighted by Gasteiger charge is -2.30. The first-order valence-corrected chi connectivity index (χ1v) is 11.5. The second-order valence-electron chi connectivity index (χ2n) is 8.23. The van der Waals surface area contributed by atoms with Crippen LogP contribution in [0.1, 0.15) is 59.8 Å². The first-order chi connectivity index (χ1) is 13.8. The summed E-state index contributed by atoms with van der Waals surface area (Å²) in [5.41, 5.74) is 0.833. The van der Waals surface area contributed by atoms with Gasteiger partial charge in [0.2, 0.25) is 0 Å². The van der Waals surface area contributed by atoms with Crippen molar-refractivity contribution in [3.8, 4) is 10.9 Å². The van der Waals surface area contributed by atoms with E-state index in [4.69, 9.17) is 25.8 Å². The Labute approximate surface area is 181 Å². The quantitative estimate of drug-likeness (QED) is 0.475. The molecule has 3 rings (SSSR count). The maximum Gasteiger partial charge on any atom is 0.274 e. The van der Waals surface area contributed by atoms with E-state index in [9.17, 15) is 4.79 Å². The number of carbonyl (C=O) groups is 1. The molecule has 0 saturated heterocycles. The Morgan fingerprint density at radius 3 is 2.55 bits per heavy atom. The van der Waals surface area contributed by atoms with E-state index in [1.54, 1.807) is 6.92 Å². The molecule has 0 N–H and O–H groups in total. The molecule has 0 radical (unpaired) electrons. The van der Waals surface area contributed by atoms with Crippen molar-refractivity contribution < 1.29 is 19.0 Å². The number of carbonyl (C=O) groups excluding carboxylic acids is 1. The number of benzene rings is 1. The highest BCUT2D eigenvalue weighted by Crippen LogP contribution is 2.40. The van der Waals surface area contributed by atoms with Crippen LogP contribution in [0, 0.1) is 5.92 Å². The summed E-state index contributed by atoms with van der Waals surface area (Å²) >= 11 is 8.06. The van der Waals surface area contributed by atoms with Gasteiger partial charge < -0.3 is 19.0 Å². The zero-order valence-electron chi connectivity index (χ0n) is 17.6. The number of Topliss-reactive ketones (excluding diaryl/α,β-unsaturated/α-hetero) is 1. The lowest BCUT2D eigenvalue weighted by atomic mass is 9.94. The molecule has 1 saturated carbocycles. The highest BCUT2D eigenvalue weighted by Gasteiger charge is 2.25. The third kappa shape index (κ3) is 6.30. The summed E-state index contributed by atoms with van der Waals surface area (Å²) in [6.07, 6.45) is 4.84. The van der Waals surface area contributed by atoms with E-state index in [1.165, 1.54) is 11.3 Å². The minimum atomic E-state index is 0.0768. The molecule has 0 amide bonds. The summed E-state index contributed by atoms with van der Waals surface area (Å²) < 4.78 is 18.8. The summed E-state index contributed by atoms with van der Waals surface area (Å²) in [5, 5.41) is 1.24. The van der Waals surface area contributed by atoms with Gasteiger partial charge >= 0.3 is 0 Å². The molecule has 1 aliphatic carbocycles. The van der Waals surface area contributed by atoms with E-state index in [0.717, 1.165) is 35.9 Å². The van der Waals surface area contributed by atoms with Crippen LogP contribution in [0.4, 0.5) is 0 Å². The maximum atomic E-state index is 11.2. The van der Waals surface area contributed by atoms with Crippen LogP contribution < -0.4 is 9.47 Å². The molecule has 0 aliphatic heterocycles. The first-order valence-electron chi connectivity index (χ1n) is 10.3. The Kier molecular flexibility index (Phi) is 7.77. The Morgan fingerprint density at radius 1 is 1.21 bits per heavy atom. The molecule has 0 bridgehead atoms. The van der Waals surface area contributed by atoms with Crippen LogP contribution in [-0.4, -0.2) is 35.7 Å². The van der Waals surface area contributed by atoms with Crippen LogP contribution in [0.3, 0.4) is 0 Å². The highest BCUT2D eigenvalue weighted by atomic mass is 35.5. The molecule has 0 spiro atoms. The predicted molar refractivity (Wildman–Crippen MR) is 117 cm³/mol. The molecule has 29 heavy (non-hydrogen) atoms. The fourth-order valence-electron chi connectivity index (χ4n) is 3.61. The van der Waals surface area contributed by atoms with Gasteiger partial charge in [0, 0.05) is 13.0 Å². The van der Waals surface area contributed by atoms with Crippen molar-refractivity contribution in [2.24, 2.45) is 5.92 Å². The van der Waals surface area contributed by atoms with Gasteiger partial charge in [-0.25, -0.2) is 4.98 Å². The van der Waals surface area contributed by atoms with Crippen molar-refractivity contribution in [3.63, 3.8) is 0 Å². The van der Waals surface area contributed by atoms with Crippen LogP contribution >= 0.6 is 22.9 Å². The molecule has 160 valence electrons. The SMILES string of the molecule is CC(=O)C[C@@H](C)COC1CCC(Oc2ccc3nc(OC(C)C)sc3c2Cl)CC1. The fraction of sp³-hybridized carbons (Fsp3) is 0.636. The molecule has 1 aliphatic rings. The minimum absolute atomic E-state index is 0.0768. The number of ketones is 1. The molecule has 1 fully saturated rings. The number of rotatable bonds is 9. The Bertz CT molecular complexity index is 830. The number of nitrogens with zero attached hydrogens (tertiary/aromatic N) is 1. The average Bonchev–Trinajstić information content (AvgIpc) is 3.05. The lowest BCUT2D eigenvalue weighted by Crippen LogP contribution is -2.29. The van der Waals surface area contributed by atoms with Gasteiger partial charge in [-0.15, -0.1) is 0 Å². The van der Waals surface area contributed by atoms with Crippen molar-refractivity contribution in [2.45, 2.75) is 78.1 Å². The lowest BCUT2D eigenvalue weighted by molar-refractivity contribution is -0.118. The van der Waals surface area contributed by atoms with Crippen LogP contribution in [0.5, 0.6) is 10.9 Å². The summed E-state index contributed by atoms with van der Waals surface area (Å²) in [7, 11) is 0. The summed E-state index contributed by atoms with van der Waals surface area (Å²) in [6.45, 7) is 8.29. The maximum absolute atomic E-state index is 11.2. The highest BCUT2D eigenvalue weighted by molar-refractivity contribution is 7.20. The number of hydrogen-bond acceptors (Lipinski definition) is 6. The van der Waals surface area contributed by atoms with Crippen molar-refractivity contribution in [1.29, 1.82) is 0 Å².